The summed E-state index contributed by atoms with van der Waals surface area (Å²) in [5, 5.41) is 11.9. The number of carboxylic acid groups (broad SMARTS) is 1. The molecule has 0 aliphatic rings. The fourth-order valence-electron chi connectivity index (χ4n) is 1.53. The van der Waals surface area contributed by atoms with Crippen LogP contribution in [0.4, 0.5) is 0 Å². The highest BCUT2D eigenvalue weighted by atomic mass is 16.4. The third kappa shape index (κ3) is 2.66. The van der Waals surface area contributed by atoms with Crippen LogP contribution in [-0.4, -0.2) is 11.1 Å². The van der Waals surface area contributed by atoms with Gasteiger partial charge in [-0.15, -0.1) is 0 Å². The molecule has 0 bridgehead atoms. The largest absolute Gasteiger partial charge is 0.478 e. The molecular weight excluding hydrogens is 206 g/mol. The van der Waals surface area contributed by atoms with Crippen molar-refractivity contribution in [3.05, 3.63) is 40.3 Å². The van der Waals surface area contributed by atoms with Crippen LogP contribution < -0.4 is 0 Å². The highest BCUT2D eigenvalue weighted by Gasteiger charge is 2.27. The first kappa shape index (κ1) is 12.4. The second kappa shape index (κ2) is 4.43. The van der Waals surface area contributed by atoms with Crippen LogP contribution in [0.25, 0.3) is 0 Å². The zero-order valence-corrected chi connectivity index (χ0v) is 9.60. The lowest BCUT2D eigenvalue weighted by Crippen LogP contribution is -2.16. The highest BCUT2D eigenvalue weighted by molar-refractivity contribution is 5.87. The Kier molecular flexibility index (Phi) is 3.42. The minimum absolute atomic E-state index is 0.210. The predicted molar refractivity (Wildman–Crippen MR) is 61.4 cm³/mol. The van der Waals surface area contributed by atoms with Crippen LogP contribution in [0.5, 0.6) is 0 Å². The SMILES string of the molecule is CC(C)(C)C(N=O)c1ccc(C(=O)O)cc1. The third-order valence-corrected chi connectivity index (χ3v) is 2.40. The highest BCUT2D eigenvalue weighted by Crippen LogP contribution is 2.35. The normalized spacial score (nSPS) is 13.2. The van der Waals surface area contributed by atoms with Gasteiger partial charge in [0.25, 0.3) is 0 Å². The molecule has 1 unspecified atom stereocenters. The first-order valence-corrected chi connectivity index (χ1v) is 5.02. The first-order chi connectivity index (χ1) is 7.36. The van der Waals surface area contributed by atoms with Crippen LogP contribution in [0.1, 0.15) is 42.7 Å². The molecule has 86 valence electrons. The van der Waals surface area contributed by atoms with Crippen molar-refractivity contribution in [3.63, 3.8) is 0 Å². The molecule has 16 heavy (non-hydrogen) atoms. The maximum atomic E-state index is 10.8. The first-order valence-electron chi connectivity index (χ1n) is 5.02. The predicted octanol–water partition coefficient (Wildman–Crippen LogP) is 3.24. The van der Waals surface area contributed by atoms with Gasteiger partial charge in [0.05, 0.1) is 5.56 Å². The van der Waals surface area contributed by atoms with E-state index in [-0.39, 0.29) is 11.0 Å². The Morgan fingerprint density at radius 2 is 1.75 bits per heavy atom. The van der Waals surface area contributed by atoms with E-state index >= 15 is 0 Å². The molecular formula is C12H15NO3. The van der Waals surface area contributed by atoms with Crippen LogP contribution in [0, 0.1) is 10.3 Å². The Hall–Kier alpha value is -1.71. The lowest BCUT2D eigenvalue weighted by molar-refractivity contribution is 0.0697. The van der Waals surface area contributed by atoms with E-state index < -0.39 is 12.0 Å². The van der Waals surface area contributed by atoms with Crippen LogP contribution in [-0.2, 0) is 0 Å². The summed E-state index contributed by atoms with van der Waals surface area (Å²) < 4.78 is 0. The molecule has 0 aliphatic heterocycles. The van der Waals surface area contributed by atoms with E-state index in [1.165, 1.54) is 12.1 Å². The van der Waals surface area contributed by atoms with Crippen molar-refractivity contribution in [1.29, 1.82) is 0 Å². The van der Waals surface area contributed by atoms with E-state index in [0.29, 0.717) is 0 Å². The van der Waals surface area contributed by atoms with Crippen molar-refractivity contribution in [1.82, 2.24) is 0 Å². The zero-order valence-electron chi connectivity index (χ0n) is 9.60. The number of carbonyl (C=O) groups is 1. The standard InChI is InChI=1S/C12H15NO3/c1-12(2,3)10(13-16)8-4-6-9(7-5-8)11(14)15/h4-7,10H,1-3H3,(H,14,15). The summed E-state index contributed by atoms with van der Waals surface area (Å²) in [4.78, 5) is 21.5. The lowest BCUT2D eigenvalue weighted by atomic mass is 9.83. The second-order valence-corrected chi connectivity index (χ2v) is 4.80. The van der Waals surface area contributed by atoms with Crippen LogP contribution in [0.15, 0.2) is 29.4 Å². The van der Waals surface area contributed by atoms with Crippen molar-refractivity contribution in [2.45, 2.75) is 26.8 Å². The van der Waals surface area contributed by atoms with E-state index in [9.17, 15) is 9.70 Å². The number of hydrogen-bond donors (Lipinski definition) is 1. The summed E-state index contributed by atoms with van der Waals surface area (Å²) in [6, 6.07) is 5.79. The molecule has 1 aromatic rings. The zero-order chi connectivity index (χ0) is 12.3. The van der Waals surface area contributed by atoms with Gasteiger partial charge in [0.2, 0.25) is 0 Å². The Balaban J connectivity index is 3.05. The molecule has 1 aromatic carbocycles. The molecule has 0 spiro atoms. The Morgan fingerprint density at radius 1 is 1.25 bits per heavy atom. The number of benzene rings is 1. The Morgan fingerprint density at radius 3 is 2.06 bits per heavy atom. The van der Waals surface area contributed by atoms with Gasteiger partial charge in [-0.1, -0.05) is 38.1 Å². The topological polar surface area (TPSA) is 66.7 Å². The summed E-state index contributed by atoms with van der Waals surface area (Å²) >= 11 is 0. The van der Waals surface area contributed by atoms with E-state index in [4.69, 9.17) is 5.11 Å². The van der Waals surface area contributed by atoms with E-state index in [1.807, 2.05) is 20.8 Å². The molecule has 4 nitrogen and oxygen atoms in total. The molecule has 0 saturated heterocycles. The van der Waals surface area contributed by atoms with Gasteiger partial charge in [-0.3, -0.25) is 0 Å². The van der Waals surface area contributed by atoms with Crippen LogP contribution in [0.3, 0.4) is 0 Å². The molecule has 0 saturated carbocycles. The molecule has 1 rings (SSSR count). The van der Waals surface area contributed by atoms with Crippen molar-refractivity contribution in [2.75, 3.05) is 0 Å². The fourth-order valence-corrected chi connectivity index (χ4v) is 1.53. The van der Waals surface area contributed by atoms with Crippen LogP contribution in [0.2, 0.25) is 0 Å². The minimum Gasteiger partial charge on any atom is -0.478 e. The number of aromatic carboxylic acids is 1. The Bertz CT molecular complexity index is 390. The van der Waals surface area contributed by atoms with E-state index in [1.54, 1.807) is 12.1 Å². The maximum absolute atomic E-state index is 10.8. The van der Waals surface area contributed by atoms with Crippen LogP contribution >= 0.6 is 0 Å². The number of nitrogens with zero attached hydrogens (tertiary/aromatic N) is 1. The van der Waals surface area contributed by atoms with Crippen molar-refractivity contribution < 1.29 is 9.90 Å². The minimum atomic E-state index is -0.974. The summed E-state index contributed by atoms with van der Waals surface area (Å²) in [6.45, 7) is 5.76. The smallest absolute Gasteiger partial charge is 0.335 e. The summed E-state index contributed by atoms with van der Waals surface area (Å²) in [5.74, 6) is -0.974. The van der Waals surface area contributed by atoms with Gasteiger partial charge in [0.15, 0.2) is 0 Å². The lowest BCUT2D eigenvalue weighted by Gasteiger charge is -2.24. The molecule has 0 radical (unpaired) electrons. The number of nitroso groups, excluding NO2 is 1. The fraction of sp³-hybridized carbons (Fsp3) is 0.417. The summed E-state index contributed by atoms with van der Waals surface area (Å²) in [7, 11) is 0. The maximum Gasteiger partial charge on any atom is 0.335 e. The molecule has 0 fully saturated rings. The molecule has 0 aromatic heterocycles. The average molecular weight is 221 g/mol. The molecule has 0 amide bonds. The monoisotopic (exact) mass is 221 g/mol. The molecule has 0 aliphatic carbocycles. The van der Waals surface area contributed by atoms with Crippen molar-refractivity contribution in [3.8, 4) is 0 Å². The summed E-state index contributed by atoms with van der Waals surface area (Å²) in [5.41, 5.74) is 0.682. The van der Waals surface area contributed by atoms with Gasteiger partial charge in [0.1, 0.15) is 6.04 Å². The molecule has 1 N–H and O–H groups in total. The second-order valence-electron chi connectivity index (χ2n) is 4.80. The Labute approximate surface area is 94.3 Å². The van der Waals surface area contributed by atoms with Gasteiger partial charge < -0.3 is 5.11 Å². The van der Waals surface area contributed by atoms with E-state index in [0.717, 1.165) is 5.56 Å². The van der Waals surface area contributed by atoms with E-state index in [2.05, 4.69) is 5.18 Å². The van der Waals surface area contributed by atoms with Crippen molar-refractivity contribution >= 4 is 5.97 Å². The molecule has 1 atom stereocenters. The molecule has 4 heteroatoms. The van der Waals surface area contributed by atoms with Gasteiger partial charge in [-0.05, 0) is 23.1 Å². The van der Waals surface area contributed by atoms with Gasteiger partial charge in [-0.25, -0.2) is 4.79 Å². The van der Waals surface area contributed by atoms with Crippen molar-refractivity contribution in [2.24, 2.45) is 10.6 Å². The third-order valence-electron chi connectivity index (χ3n) is 2.40. The van der Waals surface area contributed by atoms with Gasteiger partial charge >= 0.3 is 5.97 Å². The summed E-state index contributed by atoms with van der Waals surface area (Å²) in [6.07, 6.45) is 0. The molecule has 0 heterocycles. The quantitative estimate of drug-likeness (QED) is 0.797. The number of hydrogen-bond acceptors (Lipinski definition) is 3. The number of carboxylic acids is 1. The average Bonchev–Trinajstić information content (AvgIpc) is 2.17. The number of rotatable bonds is 3. The van der Waals surface area contributed by atoms with Gasteiger partial charge in [-0.2, -0.15) is 4.91 Å². The van der Waals surface area contributed by atoms with Gasteiger partial charge in [0, 0.05) is 0 Å².